The Morgan fingerprint density at radius 3 is 2.38 bits per heavy atom. The topological polar surface area (TPSA) is 66.4 Å². The lowest BCUT2D eigenvalue weighted by molar-refractivity contribution is -0.139. The van der Waals surface area contributed by atoms with Crippen molar-refractivity contribution in [3.05, 3.63) is 0 Å². The average molecular weight is 227 g/mol. The molecule has 0 bridgehead atoms. The van der Waals surface area contributed by atoms with Gasteiger partial charge in [0.15, 0.2) is 0 Å². The minimum Gasteiger partial charge on any atom is -0.481 e. The minimum absolute atomic E-state index is 0.0119. The SMILES string of the molecule is CC[C@](C)(CC(=O)O)NC(=O)C1CCCC1. The summed E-state index contributed by atoms with van der Waals surface area (Å²) in [6, 6.07) is 0. The second-order valence-corrected chi connectivity index (χ2v) is 4.96. The van der Waals surface area contributed by atoms with Crippen LogP contribution in [0.25, 0.3) is 0 Å². The van der Waals surface area contributed by atoms with E-state index in [9.17, 15) is 9.59 Å². The number of hydrogen-bond acceptors (Lipinski definition) is 2. The van der Waals surface area contributed by atoms with E-state index in [1.807, 2.05) is 6.92 Å². The fraction of sp³-hybridized carbons (Fsp3) is 0.833. The van der Waals surface area contributed by atoms with Crippen molar-refractivity contribution in [2.24, 2.45) is 5.92 Å². The van der Waals surface area contributed by atoms with Crippen LogP contribution >= 0.6 is 0 Å². The highest BCUT2D eigenvalue weighted by atomic mass is 16.4. The highest BCUT2D eigenvalue weighted by Gasteiger charge is 2.31. The van der Waals surface area contributed by atoms with E-state index in [-0.39, 0.29) is 18.2 Å². The van der Waals surface area contributed by atoms with E-state index in [4.69, 9.17) is 5.11 Å². The van der Waals surface area contributed by atoms with Crippen LogP contribution in [0, 0.1) is 5.92 Å². The third-order valence-electron chi connectivity index (χ3n) is 3.47. The van der Waals surface area contributed by atoms with Crippen LogP contribution in [0.5, 0.6) is 0 Å². The number of nitrogens with one attached hydrogen (secondary N) is 1. The van der Waals surface area contributed by atoms with Crippen molar-refractivity contribution in [1.29, 1.82) is 0 Å². The van der Waals surface area contributed by atoms with Gasteiger partial charge in [0, 0.05) is 11.5 Å². The van der Waals surface area contributed by atoms with Gasteiger partial charge in [0.25, 0.3) is 0 Å². The highest BCUT2D eigenvalue weighted by Crippen LogP contribution is 2.26. The quantitative estimate of drug-likeness (QED) is 0.754. The number of amides is 1. The fourth-order valence-electron chi connectivity index (χ4n) is 2.18. The Hall–Kier alpha value is -1.06. The molecule has 1 saturated carbocycles. The first-order valence-electron chi connectivity index (χ1n) is 6.00. The van der Waals surface area contributed by atoms with Crippen LogP contribution in [-0.4, -0.2) is 22.5 Å². The molecule has 4 heteroatoms. The number of hydrogen-bond donors (Lipinski definition) is 2. The third-order valence-corrected chi connectivity index (χ3v) is 3.47. The zero-order valence-corrected chi connectivity index (χ0v) is 10.1. The summed E-state index contributed by atoms with van der Waals surface area (Å²) >= 11 is 0. The lowest BCUT2D eigenvalue weighted by atomic mass is 9.93. The van der Waals surface area contributed by atoms with E-state index in [0.29, 0.717) is 6.42 Å². The summed E-state index contributed by atoms with van der Waals surface area (Å²) in [5, 5.41) is 11.7. The lowest BCUT2D eigenvalue weighted by Crippen LogP contribution is -2.48. The van der Waals surface area contributed by atoms with Gasteiger partial charge >= 0.3 is 5.97 Å². The van der Waals surface area contributed by atoms with Crippen LogP contribution in [0.1, 0.15) is 52.4 Å². The van der Waals surface area contributed by atoms with Gasteiger partial charge < -0.3 is 10.4 Å². The van der Waals surface area contributed by atoms with Gasteiger partial charge in [-0.1, -0.05) is 19.8 Å². The summed E-state index contributed by atoms with van der Waals surface area (Å²) < 4.78 is 0. The Balaban J connectivity index is 2.54. The molecule has 0 aromatic carbocycles. The number of carboxylic acid groups (broad SMARTS) is 1. The molecule has 0 aromatic heterocycles. The van der Waals surface area contributed by atoms with Gasteiger partial charge in [-0.3, -0.25) is 9.59 Å². The Morgan fingerprint density at radius 2 is 1.94 bits per heavy atom. The molecule has 0 aliphatic heterocycles. The largest absolute Gasteiger partial charge is 0.481 e. The summed E-state index contributed by atoms with van der Waals surface area (Å²) in [4.78, 5) is 22.6. The molecule has 1 amide bonds. The molecule has 1 rings (SSSR count). The summed E-state index contributed by atoms with van der Waals surface area (Å²) in [6.45, 7) is 3.70. The molecular formula is C12H21NO3. The second kappa shape index (κ2) is 5.32. The second-order valence-electron chi connectivity index (χ2n) is 4.96. The van der Waals surface area contributed by atoms with Crippen LogP contribution in [0.2, 0.25) is 0 Å². The Bertz CT molecular complexity index is 271. The molecule has 2 N–H and O–H groups in total. The van der Waals surface area contributed by atoms with Crippen molar-refractivity contribution in [3.8, 4) is 0 Å². The molecule has 1 aliphatic carbocycles. The maximum absolute atomic E-state index is 11.9. The van der Waals surface area contributed by atoms with Crippen molar-refractivity contribution in [1.82, 2.24) is 5.32 Å². The van der Waals surface area contributed by atoms with E-state index in [1.165, 1.54) is 0 Å². The van der Waals surface area contributed by atoms with Crippen LogP contribution in [0.3, 0.4) is 0 Å². The number of carbonyl (C=O) groups is 2. The van der Waals surface area contributed by atoms with Crippen molar-refractivity contribution in [3.63, 3.8) is 0 Å². The molecule has 0 radical (unpaired) electrons. The molecule has 0 spiro atoms. The zero-order chi connectivity index (χ0) is 12.2. The first-order chi connectivity index (χ1) is 7.47. The van der Waals surface area contributed by atoms with Crippen LogP contribution in [0.4, 0.5) is 0 Å². The summed E-state index contributed by atoms with van der Waals surface area (Å²) in [7, 11) is 0. The molecule has 1 atom stereocenters. The van der Waals surface area contributed by atoms with E-state index in [2.05, 4.69) is 5.32 Å². The molecule has 1 aliphatic rings. The smallest absolute Gasteiger partial charge is 0.305 e. The molecule has 16 heavy (non-hydrogen) atoms. The lowest BCUT2D eigenvalue weighted by Gasteiger charge is -2.29. The highest BCUT2D eigenvalue weighted by molar-refractivity contribution is 5.80. The molecule has 0 unspecified atom stereocenters. The maximum atomic E-state index is 11.9. The number of aliphatic carboxylic acids is 1. The van der Waals surface area contributed by atoms with Gasteiger partial charge in [-0.25, -0.2) is 0 Å². The van der Waals surface area contributed by atoms with Crippen LogP contribution in [-0.2, 0) is 9.59 Å². The predicted octanol–water partition coefficient (Wildman–Crippen LogP) is 1.94. The molecular weight excluding hydrogens is 206 g/mol. The molecule has 0 aromatic rings. The van der Waals surface area contributed by atoms with Crippen molar-refractivity contribution < 1.29 is 14.7 Å². The van der Waals surface area contributed by atoms with Crippen molar-refractivity contribution in [2.45, 2.75) is 57.9 Å². The van der Waals surface area contributed by atoms with Gasteiger partial charge in [-0.15, -0.1) is 0 Å². The van der Waals surface area contributed by atoms with Gasteiger partial charge in [0.05, 0.1) is 6.42 Å². The van der Waals surface area contributed by atoms with E-state index in [0.717, 1.165) is 25.7 Å². The number of rotatable bonds is 5. The zero-order valence-electron chi connectivity index (χ0n) is 10.1. The molecule has 0 saturated heterocycles. The van der Waals surface area contributed by atoms with Crippen LogP contribution < -0.4 is 5.32 Å². The first kappa shape index (κ1) is 13.0. The Kier molecular flexibility index (Phi) is 4.33. The molecule has 0 heterocycles. The molecule has 1 fully saturated rings. The van der Waals surface area contributed by atoms with Gasteiger partial charge in [-0.2, -0.15) is 0 Å². The summed E-state index contributed by atoms with van der Waals surface area (Å²) in [5.74, 6) is -0.737. The van der Waals surface area contributed by atoms with Crippen LogP contribution in [0.15, 0.2) is 0 Å². The summed E-state index contributed by atoms with van der Waals surface area (Å²) in [5.41, 5.74) is -0.606. The monoisotopic (exact) mass is 227 g/mol. The van der Waals surface area contributed by atoms with Gasteiger partial charge in [0.2, 0.25) is 5.91 Å². The minimum atomic E-state index is -0.865. The summed E-state index contributed by atoms with van der Waals surface area (Å²) in [6.07, 6.45) is 4.73. The number of carboxylic acids is 1. The molecule has 4 nitrogen and oxygen atoms in total. The van der Waals surface area contributed by atoms with E-state index >= 15 is 0 Å². The molecule has 92 valence electrons. The maximum Gasteiger partial charge on any atom is 0.305 e. The predicted molar refractivity (Wildman–Crippen MR) is 61.0 cm³/mol. The normalized spacial score (nSPS) is 20.4. The first-order valence-corrected chi connectivity index (χ1v) is 6.00. The van der Waals surface area contributed by atoms with Crippen molar-refractivity contribution >= 4 is 11.9 Å². The average Bonchev–Trinajstić information content (AvgIpc) is 2.69. The fourth-order valence-corrected chi connectivity index (χ4v) is 2.18. The van der Waals surface area contributed by atoms with E-state index in [1.54, 1.807) is 6.92 Å². The van der Waals surface area contributed by atoms with Crippen molar-refractivity contribution in [2.75, 3.05) is 0 Å². The van der Waals surface area contributed by atoms with Gasteiger partial charge in [-0.05, 0) is 26.2 Å². The number of carbonyl (C=O) groups excluding carboxylic acids is 1. The Labute approximate surface area is 96.4 Å². The van der Waals surface area contributed by atoms with Gasteiger partial charge in [0.1, 0.15) is 0 Å². The standard InChI is InChI=1S/C12H21NO3/c1-3-12(2,8-10(14)15)13-11(16)9-6-4-5-7-9/h9H,3-8H2,1-2H3,(H,13,16)(H,14,15)/t12-/m1/s1. The Morgan fingerprint density at radius 1 is 1.38 bits per heavy atom. The third kappa shape index (κ3) is 3.51. The van der Waals surface area contributed by atoms with E-state index < -0.39 is 11.5 Å².